The third kappa shape index (κ3) is 8.39. The molecule has 0 unspecified atom stereocenters. The molecule has 0 aliphatic carbocycles. The van der Waals surface area contributed by atoms with Crippen LogP contribution in [0.4, 0.5) is 5.69 Å². The summed E-state index contributed by atoms with van der Waals surface area (Å²) in [6.07, 6.45) is 3.53. The van der Waals surface area contributed by atoms with Crippen molar-refractivity contribution >= 4 is 11.6 Å². The Balaban J connectivity index is 2.03. The van der Waals surface area contributed by atoms with Crippen molar-refractivity contribution in [2.75, 3.05) is 38.8 Å². The van der Waals surface area contributed by atoms with Gasteiger partial charge in [0.25, 0.3) is 0 Å². The maximum atomic E-state index is 5.77. The van der Waals surface area contributed by atoms with Crippen LogP contribution in [-0.2, 0) is 11.3 Å². The van der Waals surface area contributed by atoms with Crippen LogP contribution in [0, 0.1) is 0 Å². The van der Waals surface area contributed by atoms with E-state index in [0.29, 0.717) is 38.2 Å². The van der Waals surface area contributed by atoms with Crippen LogP contribution < -0.4 is 20.1 Å². The summed E-state index contributed by atoms with van der Waals surface area (Å²) in [5.41, 5.74) is 1.86. The Labute approximate surface area is 173 Å². The molecule has 0 radical (unpaired) electrons. The Kier molecular flexibility index (Phi) is 10.4. The fourth-order valence-electron chi connectivity index (χ4n) is 2.54. The lowest BCUT2D eigenvalue weighted by atomic mass is 10.2. The van der Waals surface area contributed by atoms with E-state index in [1.54, 1.807) is 13.3 Å². The van der Waals surface area contributed by atoms with Crippen molar-refractivity contribution in [3.8, 4) is 11.6 Å². The van der Waals surface area contributed by atoms with E-state index < -0.39 is 0 Å². The number of hydrogen-bond donors (Lipinski definition) is 2. The lowest BCUT2D eigenvalue weighted by Gasteiger charge is -2.13. The van der Waals surface area contributed by atoms with Crippen LogP contribution in [0.3, 0.4) is 0 Å². The molecule has 2 aromatic rings. The van der Waals surface area contributed by atoms with Crippen LogP contribution in [0.1, 0.15) is 32.3 Å². The summed E-state index contributed by atoms with van der Waals surface area (Å²) < 4.78 is 16.5. The Morgan fingerprint density at radius 1 is 1.07 bits per heavy atom. The predicted octanol–water partition coefficient (Wildman–Crippen LogP) is 3.86. The maximum Gasteiger partial charge on any atom is 0.218 e. The van der Waals surface area contributed by atoms with Gasteiger partial charge in [-0.3, -0.25) is 0 Å². The van der Waals surface area contributed by atoms with E-state index in [4.69, 9.17) is 14.2 Å². The van der Waals surface area contributed by atoms with Crippen LogP contribution in [0.25, 0.3) is 0 Å². The minimum absolute atomic E-state index is 0.468. The van der Waals surface area contributed by atoms with Crippen molar-refractivity contribution < 1.29 is 14.2 Å². The normalized spacial score (nSPS) is 11.2. The van der Waals surface area contributed by atoms with Gasteiger partial charge in [0.05, 0.1) is 19.8 Å². The number of nitrogens with zero attached hydrogens (tertiary/aromatic N) is 2. The highest BCUT2D eigenvalue weighted by Crippen LogP contribution is 2.18. The average Bonchev–Trinajstić information content (AvgIpc) is 2.74. The van der Waals surface area contributed by atoms with Crippen molar-refractivity contribution in [1.29, 1.82) is 0 Å². The number of rotatable bonds is 12. The zero-order chi connectivity index (χ0) is 20.7. The molecule has 0 amide bonds. The van der Waals surface area contributed by atoms with Gasteiger partial charge in [-0.15, -0.1) is 0 Å². The molecule has 158 valence electrons. The van der Waals surface area contributed by atoms with Crippen molar-refractivity contribution in [3.63, 3.8) is 0 Å². The molecule has 2 N–H and O–H groups in total. The number of ether oxygens (including phenoxy) is 3. The zero-order valence-corrected chi connectivity index (χ0v) is 17.6. The average molecular weight is 401 g/mol. The van der Waals surface area contributed by atoms with E-state index in [1.807, 2.05) is 43.3 Å². The first-order valence-corrected chi connectivity index (χ1v) is 10.1. The van der Waals surface area contributed by atoms with Crippen molar-refractivity contribution in [3.05, 3.63) is 48.2 Å². The van der Waals surface area contributed by atoms with Gasteiger partial charge in [0, 0.05) is 50.2 Å². The van der Waals surface area contributed by atoms with Gasteiger partial charge in [-0.25, -0.2) is 9.98 Å². The Morgan fingerprint density at radius 2 is 1.97 bits per heavy atom. The second kappa shape index (κ2) is 13.4. The number of methoxy groups -OCH3 is 1. The molecule has 29 heavy (non-hydrogen) atoms. The van der Waals surface area contributed by atoms with Crippen LogP contribution in [0.15, 0.2) is 47.6 Å². The number of benzene rings is 1. The summed E-state index contributed by atoms with van der Waals surface area (Å²) in [7, 11) is 1.69. The molecule has 0 aliphatic rings. The Morgan fingerprint density at radius 3 is 2.76 bits per heavy atom. The summed E-state index contributed by atoms with van der Waals surface area (Å²) in [6, 6.07) is 11.7. The molecule has 2 rings (SSSR count). The highest BCUT2D eigenvalue weighted by molar-refractivity contribution is 5.93. The molecule has 0 fully saturated rings. The second-order valence-electron chi connectivity index (χ2n) is 6.36. The number of pyridine rings is 1. The highest BCUT2D eigenvalue weighted by Gasteiger charge is 2.06. The molecule has 0 saturated heterocycles. The van der Waals surface area contributed by atoms with Gasteiger partial charge >= 0.3 is 0 Å². The third-order valence-corrected chi connectivity index (χ3v) is 3.90. The second-order valence-corrected chi connectivity index (χ2v) is 6.36. The predicted molar refractivity (Wildman–Crippen MR) is 117 cm³/mol. The van der Waals surface area contributed by atoms with E-state index in [-0.39, 0.29) is 0 Å². The first kappa shape index (κ1) is 22.5. The smallest absolute Gasteiger partial charge is 0.218 e. The molecule has 0 saturated carbocycles. The first-order chi connectivity index (χ1) is 14.3. The third-order valence-electron chi connectivity index (χ3n) is 3.90. The van der Waals surface area contributed by atoms with E-state index in [0.717, 1.165) is 36.4 Å². The molecule has 0 aliphatic heterocycles. The highest BCUT2D eigenvalue weighted by atomic mass is 16.5. The molecule has 0 bridgehead atoms. The summed E-state index contributed by atoms with van der Waals surface area (Å²) in [6.45, 7) is 7.28. The summed E-state index contributed by atoms with van der Waals surface area (Å²) in [4.78, 5) is 9.00. The van der Waals surface area contributed by atoms with E-state index in [1.165, 1.54) is 0 Å². The van der Waals surface area contributed by atoms with E-state index >= 15 is 0 Å². The van der Waals surface area contributed by atoms with E-state index in [9.17, 15) is 0 Å². The minimum atomic E-state index is 0.468. The molecule has 1 aromatic carbocycles. The minimum Gasteiger partial charge on any atom is -0.493 e. The largest absolute Gasteiger partial charge is 0.493 e. The fraction of sp³-hybridized carbons (Fsp3) is 0.455. The molecular weight excluding hydrogens is 368 g/mol. The molecule has 1 heterocycles. The van der Waals surface area contributed by atoms with Gasteiger partial charge in [-0.05, 0) is 31.5 Å². The van der Waals surface area contributed by atoms with Gasteiger partial charge in [0.15, 0.2) is 5.96 Å². The molecule has 7 nitrogen and oxygen atoms in total. The van der Waals surface area contributed by atoms with Gasteiger partial charge < -0.3 is 24.8 Å². The van der Waals surface area contributed by atoms with Gasteiger partial charge in [0.1, 0.15) is 5.75 Å². The molecule has 0 atom stereocenters. The summed E-state index contributed by atoms with van der Waals surface area (Å²) in [5, 5.41) is 6.59. The Bertz CT molecular complexity index is 752. The van der Waals surface area contributed by atoms with Gasteiger partial charge in [-0.1, -0.05) is 19.1 Å². The first-order valence-electron chi connectivity index (χ1n) is 10.1. The Hall–Kier alpha value is -2.80. The van der Waals surface area contributed by atoms with Crippen molar-refractivity contribution in [2.45, 2.75) is 33.2 Å². The van der Waals surface area contributed by atoms with Gasteiger partial charge in [-0.2, -0.15) is 0 Å². The molecule has 0 spiro atoms. The van der Waals surface area contributed by atoms with Crippen LogP contribution in [0.5, 0.6) is 11.6 Å². The number of anilines is 1. The van der Waals surface area contributed by atoms with Crippen molar-refractivity contribution in [1.82, 2.24) is 10.3 Å². The fourth-order valence-corrected chi connectivity index (χ4v) is 2.54. The monoisotopic (exact) mass is 400 g/mol. The quantitative estimate of drug-likeness (QED) is 0.320. The molecular formula is C22H32N4O3. The van der Waals surface area contributed by atoms with Gasteiger partial charge in [0.2, 0.25) is 5.88 Å². The lowest BCUT2D eigenvalue weighted by Crippen LogP contribution is -2.30. The number of aliphatic imine (C=N–C) groups is 1. The van der Waals surface area contributed by atoms with Crippen LogP contribution in [-0.4, -0.2) is 44.4 Å². The maximum absolute atomic E-state index is 5.77. The topological polar surface area (TPSA) is 77.0 Å². The molecule has 7 heteroatoms. The lowest BCUT2D eigenvalue weighted by molar-refractivity contribution is 0.172. The summed E-state index contributed by atoms with van der Waals surface area (Å²) >= 11 is 0. The molecule has 1 aromatic heterocycles. The summed E-state index contributed by atoms with van der Waals surface area (Å²) in [5.74, 6) is 2.14. The van der Waals surface area contributed by atoms with Crippen molar-refractivity contribution in [2.24, 2.45) is 4.99 Å². The number of nitrogens with one attached hydrogen (secondary N) is 2. The zero-order valence-electron chi connectivity index (χ0n) is 17.6. The van der Waals surface area contributed by atoms with E-state index in [2.05, 4.69) is 27.5 Å². The van der Waals surface area contributed by atoms with Crippen LogP contribution >= 0.6 is 0 Å². The number of hydrogen-bond acceptors (Lipinski definition) is 5. The number of aromatic nitrogens is 1. The van der Waals surface area contributed by atoms with Crippen LogP contribution in [0.2, 0.25) is 0 Å². The standard InChI is InChI=1S/C22H32N4O3/c1-4-13-29-21-18(9-7-12-24-21)17-25-22(23-5-2)26-19-10-6-11-20(16-19)28-15-8-14-27-3/h6-7,9-12,16H,4-5,8,13-15,17H2,1-3H3,(H2,23,25,26). The SMILES string of the molecule is CCCOc1ncccc1CN=C(NCC)Nc1cccc(OCCCOC)c1. The number of guanidine groups is 1.